The summed E-state index contributed by atoms with van der Waals surface area (Å²) in [6.07, 6.45) is 6.61. The molecule has 0 radical (unpaired) electrons. The lowest BCUT2D eigenvalue weighted by atomic mass is 10.1. The van der Waals surface area contributed by atoms with Crippen LogP contribution in [0.4, 0.5) is 0 Å². The van der Waals surface area contributed by atoms with Crippen molar-refractivity contribution in [1.29, 1.82) is 0 Å². The maximum atomic E-state index is 4.70. The molecule has 3 nitrogen and oxygen atoms in total. The number of rotatable bonds is 10. The van der Waals surface area contributed by atoms with Crippen molar-refractivity contribution in [3.63, 3.8) is 0 Å². The van der Waals surface area contributed by atoms with Crippen molar-refractivity contribution < 1.29 is 0 Å². The fourth-order valence-electron chi connectivity index (χ4n) is 2.56. The van der Waals surface area contributed by atoms with Crippen LogP contribution in [-0.2, 0) is 13.1 Å². The molecule has 1 aromatic rings. The number of hydrogen-bond acceptors (Lipinski definition) is 2. The minimum absolute atomic E-state index is 0.698. The van der Waals surface area contributed by atoms with Gasteiger partial charge in [-0.3, -0.25) is 4.68 Å². The molecular weight excluding hydrogens is 246 g/mol. The van der Waals surface area contributed by atoms with Crippen LogP contribution in [-0.4, -0.2) is 16.3 Å². The number of unbranched alkanes of at least 4 members (excludes halogenated alkanes) is 4. The van der Waals surface area contributed by atoms with Gasteiger partial charge in [0.2, 0.25) is 0 Å². The van der Waals surface area contributed by atoms with Gasteiger partial charge in [-0.05, 0) is 32.7 Å². The van der Waals surface area contributed by atoms with Crippen LogP contribution < -0.4 is 5.32 Å². The molecule has 0 aliphatic rings. The number of hydrogen-bond donors (Lipinski definition) is 1. The van der Waals surface area contributed by atoms with E-state index < -0.39 is 0 Å². The lowest BCUT2D eigenvalue weighted by Crippen LogP contribution is -2.19. The predicted octanol–water partition coefficient (Wildman–Crippen LogP) is 4.22. The molecule has 1 heterocycles. The van der Waals surface area contributed by atoms with Gasteiger partial charge in [-0.1, -0.05) is 46.5 Å². The molecule has 20 heavy (non-hydrogen) atoms. The second-order valence-electron chi connectivity index (χ2n) is 6.31. The average molecular weight is 279 g/mol. The zero-order valence-electron chi connectivity index (χ0n) is 14.1. The van der Waals surface area contributed by atoms with E-state index in [1.807, 2.05) is 0 Å². The number of aromatic nitrogens is 2. The molecule has 0 amide bonds. The molecule has 0 fully saturated rings. The van der Waals surface area contributed by atoms with Crippen LogP contribution in [0.1, 0.15) is 69.8 Å². The second-order valence-corrected chi connectivity index (χ2v) is 6.31. The molecule has 1 N–H and O–H groups in total. The van der Waals surface area contributed by atoms with Gasteiger partial charge in [0.25, 0.3) is 0 Å². The Morgan fingerprint density at radius 2 is 1.80 bits per heavy atom. The van der Waals surface area contributed by atoms with Gasteiger partial charge in [-0.15, -0.1) is 0 Å². The molecule has 0 atom stereocenters. The summed E-state index contributed by atoms with van der Waals surface area (Å²) in [4.78, 5) is 0. The zero-order chi connectivity index (χ0) is 15.0. The molecule has 1 rings (SSSR count). The van der Waals surface area contributed by atoms with Crippen molar-refractivity contribution in [3.05, 3.63) is 17.0 Å². The first-order valence-corrected chi connectivity index (χ1v) is 8.29. The topological polar surface area (TPSA) is 29.9 Å². The SMILES string of the molecule is CCCCCCCn1nc(C)c(CNCC(C)C)c1C. The largest absolute Gasteiger partial charge is 0.312 e. The summed E-state index contributed by atoms with van der Waals surface area (Å²) in [5, 5.41) is 8.23. The van der Waals surface area contributed by atoms with Crippen LogP contribution in [0.15, 0.2) is 0 Å². The van der Waals surface area contributed by atoms with Crippen LogP contribution in [0.5, 0.6) is 0 Å². The summed E-state index contributed by atoms with van der Waals surface area (Å²) >= 11 is 0. The minimum atomic E-state index is 0.698. The Kier molecular flexibility index (Phi) is 7.90. The van der Waals surface area contributed by atoms with Crippen LogP contribution in [0.2, 0.25) is 0 Å². The van der Waals surface area contributed by atoms with E-state index in [9.17, 15) is 0 Å². The first-order chi connectivity index (χ1) is 9.56. The van der Waals surface area contributed by atoms with Crippen molar-refractivity contribution in [2.75, 3.05) is 6.54 Å². The summed E-state index contributed by atoms with van der Waals surface area (Å²) in [5.74, 6) is 0.698. The Hall–Kier alpha value is -0.830. The van der Waals surface area contributed by atoms with Crippen molar-refractivity contribution in [1.82, 2.24) is 15.1 Å². The normalized spacial score (nSPS) is 11.5. The standard InChI is InChI=1S/C17H33N3/c1-6-7-8-9-10-11-20-16(5)17(15(4)19-20)13-18-12-14(2)3/h14,18H,6-13H2,1-5H3. The molecular formula is C17H33N3. The minimum Gasteiger partial charge on any atom is -0.312 e. The van der Waals surface area contributed by atoms with Gasteiger partial charge >= 0.3 is 0 Å². The summed E-state index contributed by atoms with van der Waals surface area (Å²) < 4.78 is 2.20. The number of nitrogens with zero attached hydrogens (tertiary/aromatic N) is 2. The molecule has 1 aromatic heterocycles. The molecule has 0 aliphatic carbocycles. The lowest BCUT2D eigenvalue weighted by molar-refractivity contribution is 0.520. The molecule has 0 saturated heterocycles. The molecule has 0 spiro atoms. The Labute approximate surface area is 125 Å². The zero-order valence-corrected chi connectivity index (χ0v) is 14.1. The van der Waals surface area contributed by atoms with Crippen molar-refractivity contribution >= 4 is 0 Å². The van der Waals surface area contributed by atoms with Crippen molar-refractivity contribution in [2.24, 2.45) is 5.92 Å². The molecule has 0 aliphatic heterocycles. The molecule has 3 heteroatoms. The quantitative estimate of drug-likeness (QED) is 0.650. The Morgan fingerprint density at radius 1 is 1.10 bits per heavy atom. The van der Waals surface area contributed by atoms with Crippen LogP contribution in [0, 0.1) is 19.8 Å². The van der Waals surface area contributed by atoms with E-state index >= 15 is 0 Å². The van der Waals surface area contributed by atoms with E-state index in [2.05, 4.69) is 44.6 Å². The third-order valence-corrected chi connectivity index (χ3v) is 3.86. The maximum absolute atomic E-state index is 4.70. The number of aryl methyl sites for hydroxylation is 2. The molecule has 0 bridgehead atoms. The predicted molar refractivity (Wildman–Crippen MR) is 87.0 cm³/mol. The molecule has 0 aromatic carbocycles. The van der Waals surface area contributed by atoms with Gasteiger partial charge in [0.1, 0.15) is 0 Å². The monoisotopic (exact) mass is 279 g/mol. The highest BCUT2D eigenvalue weighted by molar-refractivity contribution is 5.24. The smallest absolute Gasteiger partial charge is 0.0641 e. The van der Waals surface area contributed by atoms with E-state index in [1.54, 1.807) is 0 Å². The van der Waals surface area contributed by atoms with Gasteiger partial charge in [0.15, 0.2) is 0 Å². The Morgan fingerprint density at radius 3 is 2.45 bits per heavy atom. The highest BCUT2D eigenvalue weighted by atomic mass is 15.3. The first-order valence-electron chi connectivity index (χ1n) is 8.29. The summed E-state index contributed by atoms with van der Waals surface area (Å²) in [6, 6.07) is 0. The van der Waals surface area contributed by atoms with Gasteiger partial charge in [0, 0.05) is 24.3 Å². The van der Waals surface area contributed by atoms with Crippen molar-refractivity contribution in [3.8, 4) is 0 Å². The highest BCUT2D eigenvalue weighted by Crippen LogP contribution is 2.14. The fourth-order valence-corrected chi connectivity index (χ4v) is 2.56. The third kappa shape index (κ3) is 5.66. The average Bonchev–Trinajstić information content (AvgIpc) is 2.65. The van der Waals surface area contributed by atoms with Crippen molar-refractivity contribution in [2.45, 2.75) is 79.8 Å². The van der Waals surface area contributed by atoms with Crippen LogP contribution in [0.3, 0.4) is 0 Å². The fraction of sp³-hybridized carbons (Fsp3) is 0.824. The van der Waals surface area contributed by atoms with Crippen LogP contribution in [0.25, 0.3) is 0 Å². The molecule has 0 saturated carbocycles. The van der Waals surface area contributed by atoms with E-state index in [4.69, 9.17) is 5.10 Å². The van der Waals surface area contributed by atoms with E-state index in [1.165, 1.54) is 49.1 Å². The first kappa shape index (κ1) is 17.2. The van der Waals surface area contributed by atoms with Gasteiger partial charge in [-0.25, -0.2) is 0 Å². The molecule has 0 unspecified atom stereocenters. The summed E-state index contributed by atoms with van der Waals surface area (Å²) in [6.45, 7) is 14.2. The Bertz CT molecular complexity index is 380. The van der Waals surface area contributed by atoms with Crippen LogP contribution >= 0.6 is 0 Å². The van der Waals surface area contributed by atoms with E-state index in [-0.39, 0.29) is 0 Å². The summed E-state index contributed by atoms with van der Waals surface area (Å²) in [7, 11) is 0. The van der Waals surface area contributed by atoms with Gasteiger partial charge < -0.3 is 5.32 Å². The van der Waals surface area contributed by atoms with Gasteiger partial charge in [0.05, 0.1) is 5.69 Å². The van der Waals surface area contributed by atoms with Gasteiger partial charge in [-0.2, -0.15) is 5.10 Å². The Balaban J connectivity index is 2.44. The second kappa shape index (κ2) is 9.17. The lowest BCUT2D eigenvalue weighted by Gasteiger charge is -2.08. The van der Waals surface area contributed by atoms with E-state index in [0.29, 0.717) is 5.92 Å². The third-order valence-electron chi connectivity index (χ3n) is 3.86. The number of nitrogens with one attached hydrogen (secondary N) is 1. The highest BCUT2D eigenvalue weighted by Gasteiger charge is 2.10. The maximum Gasteiger partial charge on any atom is 0.0641 e. The molecule has 116 valence electrons. The van der Waals surface area contributed by atoms with E-state index in [0.717, 1.165) is 19.6 Å². The summed E-state index contributed by atoms with van der Waals surface area (Å²) in [5.41, 5.74) is 3.92.